The zero-order valence-corrected chi connectivity index (χ0v) is 12.5. The Kier molecular flexibility index (Phi) is 5.83. The number of likely N-dealkylation sites (tertiary alicyclic amines) is 1. The minimum Gasteiger partial charge on any atom is -0.354 e. The third kappa shape index (κ3) is 4.20. The lowest BCUT2D eigenvalue weighted by Gasteiger charge is -2.33. The third-order valence-electron chi connectivity index (χ3n) is 4.28. The van der Waals surface area contributed by atoms with E-state index in [1.165, 1.54) is 0 Å². The number of nitrogens with zero attached hydrogens (tertiary/aromatic N) is 1. The second kappa shape index (κ2) is 7.62. The van der Waals surface area contributed by atoms with E-state index in [4.69, 9.17) is 0 Å². The van der Waals surface area contributed by atoms with Gasteiger partial charge in [0.25, 0.3) is 0 Å². The van der Waals surface area contributed by atoms with Gasteiger partial charge in [-0.25, -0.2) is 0 Å². The average Bonchev–Trinajstić information content (AvgIpc) is 2.99. The van der Waals surface area contributed by atoms with Crippen LogP contribution in [0.25, 0.3) is 0 Å². The Morgan fingerprint density at radius 2 is 2.15 bits per heavy atom. The van der Waals surface area contributed by atoms with E-state index in [0.29, 0.717) is 18.9 Å². The van der Waals surface area contributed by atoms with E-state index in [1.54, 1.807) is 0 Å². The van der Waals surface area contributed by atoms with Crippen LogP contribution in [0.3, 0.4) is 0 Å². The third-order valence-corrected chi connectivity index (χ3v) is 4.28. The normalized spacial score (nSPS) is 26.6. The maximum absolute atomic E-state index is 12.0. The van der Waals surface area contributed by atoms with Gasteiger partial charge in [0.05, 0.1) is 6.04 Å². The quantitative estimate of drug-likeness (QED) is 0.787. The topological polar surface area (TPSA) is 61.4 Å². The molecule has 2 aliphatic heterocycles. The summed E-state index contributed by atoms with van der Waals surface area (Å²) >= 11 is 0. The summed E-state index contributed by atoms with van der Waals surface area (Å²) in [5.74, 6) is 0.801. The van der Waals surface area contributed by atoms with Crippen LogP contribution in [0, 0.1) is 5.92 Å². The molecule has 2 atom stereocenters. The molecule has 0 aromatic carbocycles. The van der Waals surface area contributed by atoms with Crippen LogP contribution in [-0.2, 0) is 9.59 Å². The molecule has 0 spiro atoms. The molecule has 0 aliphatic carbocycles. The van der Waals surface area contributed by atoms with E-state index in [-0.39, 0.29) is 17.9 Å². The van der Waals surface area contributed by atoms with Crippen LogP contribution in [-0.4, -0.2) is 48.9 Å². The predicted octanol–water partition coefficient (Wildman–Crippen LogP) is 0.893. The molecule has 0 aromatic heterocycles. The fourth-order valence-electron chi connectivity index (χ4n) is 3.11. The zero-order valence-electron chi connectivity index (χ0n) is 12.5. The van der Waals surface area contributed by atoms with Crippen molar-refractivity contribution in [3.05, 3.63) is 0 Å². The molecule has 2 aliphatic rings. The Bertz CT molecular complexity index is 340. The molecule has 0 aromatic rings. The molecule has 0 saturated carbocycles. The summed E-state index contributed by atoms with van der Waals surface area (Å²) in [6.07, 6.45) is 5.74. The smallest absolute Gasteiger partial charge is 0.237 e. The number of piperidine rings is 1. The predicted molar refractivity (Wildman–Crippen MR) is 78.2 cm³/mol. The summed E-state index contributed by atoms with van der Waals surface area (Å²) in [5.41, 5.74) is 0. The number of rotatable bonds is 5. The van der Waals surface area contributed by atoms with Gasteiger partial charge in [0, 0.05) is 26.1 Å². The van der Waals surface area contributed by atoms with Gasteiger partial charge >= 0.3 is 0 Å². The van der Waals surface area contributed by atoms with Gasteiger partial charge in [-0.15, -0.1) is 0 Å². The molecule has 5 nitrogen and oxygen atoms in total. The second-order valence-corrected chi connectivity index (χ2v) is 5.99. The highest BCUT2D eigenvalue weighted by Crippen LogP contribution is 2.17. The van der Waals surface area contributed by atoms with Crippen molar-refractivity contribution in [3.8, 4) is 0 Å². The number of carbonyl (C=O) groups excluding carboxylic acids is 2. The van der Waals surface area contributed by atoms with Crippen molar-refractivity contribution < 1.29 is 9.59 Å². The molecule has 0 bridgehead atoms. The van der Waals surface area contributed by atoms with Gasteiger partial charge in [-0.05, 0) is 44.6 Å². The van der Waals surface area contributed by atoms with Crippen LogP contribution in [0.5, 0.6) is 0 Å². The van der Waals surface area contributed by atoms with Gasteiger partial charge in [-0.3, -0.25) is 9.59 Å². The molecule has 2 N–H and O–H groups in total. The fraction of sp³-hybridized carbons (Fsp3) is 0.867. The van der Waals surface area contributed by atoms with Crippen LogP contribution in [0.4, 0.5) is 0 Å². The number of carbonyl (C=O) groups is 2. The van der Waals surface area contributed by atoms with Crippen molar-refractivity contribution >= 4 is 11.8 Å². The van der Waals surface area contributed by atoms with Crippen molar-refractivity contribution in [2.45, 2.75) is 51.5 Å². The standard InChI is InChI=1S/C15H27N3O2/c1-2-5-14(19)18-9-4-6-12(11-18)10-17-15(20)13-7-3-8-16-13/h12-13,16H,2-11H2,1H3,(H,17,20). The summed E-state index contributed by atoms with van der Waals surface area (Å²) in [7, 11) is 0. The first-order valence-electron chi connectivity index (χ1n) is 7.99. The molecule has 5 heteroatoms. The fourth-order valence-corrected chi connectivity index (χ4v) is 3.11. The number of amides is 2. The lowest BCUT2D eigenvalue weighted by Crippen LogP contribution is -2.46. The van der Waals surface area contributed by atoms with Gasteiger partial charge in [0.15, 0.2) is 0 Å². The summed E-state index contributed by atoms with van der Waals surface area (Å²) in [6, 6.07) is -0.00332. The Labute approximate surface area is 121 Å². The van der Waals surface area contributed by atoms with Gasteiger partial charge in [0.1, 0.15) is 0 Å². The Balaban J connectivity index is 1.72. The van der Waals surface area contributed by atoms with Crippen molar-refractivity contribution in [1.82, 2.24) is 15.5 Å². The highest BCUT2D eigenvalue weighted by Gasteiger charge is 2.25. The van der Waals surface area contributed by atoms with Crippen LogP contribution in [0.15, 0.2) is 0 Å². The van der Waals surface area contributed by atoms with Crippen LogP contribution < -0.4 is 10.6 Å². The molecule has 2 heterocycles. The second-order valence-electron chi connectivity index (χ2n) is 5.99. The summed E-state index contributed by atoms with van der Waals surface area (Å²) < 4.78 is 0. The van der Waals surface area contributed by atoms with Gasteiger partial charge < -0.3 is 15.5 Å². The zero-order chi connectivity index (χ0) is 14.4. The summed E-state index contributed by atoms with van der Waals surface area (Å²) in [5, 5.41) is 6.26. The molecule has 2 rings (SSSR count). The molecule has 20 heavy (non-hydrogen) atoms. The molecule has 114 valence electrons. The molecular formula is C15H27N3O2. The van der Waals surface area contributed by atoms with Crippen LogP contribution in [0.2, 0.25) is 0 Å². The minimum atomic E-state index is -0.00332. The van der Waals surface area contributed by atoms with Crippen molar-refractivity contribution in [3.63, 3.8) is 0 Å². The highest BCUT2D eigenvalue weighted by molar-refractivity contribution is 5.82. The molecule has 2 fully saturated rings. The van der Waals surface area contributed by atoms with E-state index in [9.17, 15) is 9.59 Å². The van der Waals surface area contributed by atoms with E-state index in [1.807, 2.05) is 11.8 Å². The van der Waals surface area contributed by atoms with E-state index >= 15 is 0 Å². The van der Waals surface area contributed by atoms with Crippen molar-refractivity contribution in [2.24, 2.45) is 5.92 Å². The number of nitrogens with one attached hydrogen (secondary N) is 2. The molecule has 2 amide bonds. The first-order valence-corrected chi connectivity index (χ1v) is 7.99. The summed E-state index contributed by atoms with van der Waals surface area (Å²) in [6.45, 7) is 5.37. The highest BCUT2D eigenvalue weighted by atomic mass is 16.2. The summed E-state index contributed by atoms with van der Waals surface area (Å²) in [4.78, 5) is 25.8. The SMILES string of the molecule is CCCC(=O)N1CCCC(CNC(=O)C2CCCN2)C1. The van der Waals surface area contributed by atoms with Gasteiger partial charge in [-0.2, -0.15) is 0 Å². The molecule has 0 radical (unpaired) electrons. The first-order chi connectivity index (χ1) is 9.70. The van der Waals surface area contributed by atoms with E-state index in [2.05, 4.69) is 10.6 Å². The monoisotopic (exact) mass is 281 g/mol. The average molecular weight is 281 g/mol. The first kappa shape index (κ1) is 15.3. The Morgan fingerprint density at radius 3 is 2.85 bits per heavy atom. The van der Waals surface area contributed by atoms with E-state index in [0.717, 1.165) is 51.7 Å². The van der Waals surface area contributed by atoms with Crippen molar-refractivity contribution in [2.75, 3.05) is 26.2 Å². The Morgan fingerprint density at radius 1 is 1.30 bits per heavy atom. The molecule has 2 unspecified atom stereocenters. The van der Waals surface area contributed by atoms with E-state index < -0.39 is 0 Å². The van der Waals surface area contributed by atoms with Crippen LogP contribution >= 0.6 is 0 Å². The minimum absolute atomic E-state index is 0.00332. The molecular weight excluding hydrogens is 254 g/mol. The largest absolute Gasteiger partial charge is 0.354 e. The maximum Gasteiger partial charge on any atom is 0.237 e. The Hall–Kier alpha value is -1.10. The van der Waals surface area contributed by atoms with Gasteiger partial charge in [-0.1, -0.05) is 6.92 Å². The van der Waals surface area contributed by atoms with Crippen LogP contribution in [0.1, 0.15) is 45.4 Å². The van der Waals surface area contributed by atoms with Gasteiger partial charge in [0.2, 0.25) is 11.8 Å². The van der Waals surface area contributed by atoms with Crippen molar-refractivity contribution in [1.29, 1.82) is 0 Å². The molecule has 2 saturated heterocycles. The lowest BCUT2D eigenvalue weighted by molar-refractivity contribution is -0.133. The number of hydrogen-bond donors (Lipinski definition) is 2. The lowest BCUT2D eigenvalue weighted by atomic mass is 9.97. The number of hydrogen-bond acceptors (Lipinski definition) is 3. The maximum atomic E-state index is 12.0.